The minimum atomic E-state index is 1.12. The first kappa shape index (κ1) is 17.5. The summed E-state index contributed by atoms with van der Waals surface area (Å²) in [6.45, 7) is 4.47. The Bertz CT molecular complexity index is 572. The van der Waals surface area contributed by atoms with Crippen molar-refractivity contribution in [2.75, 3.05) is 0 Å². The van der Waals surface area contributed by atoms with Crippen LogP contribution in [0.4, 0.5) is 0 Å². The van der Waals surface area contributed by atoms with Crippen molar-refractivity contribution in [1.29, 1.82) is 0 Å². The highest BCUT2D eigenvalue weighted by molar-refractivity contribution is 5.49. The van der Waals surface area contributed by atoms with Crippen molar-refractivity contribution in [2.45, 2.75) is 58.8 Å². The zero-order chi connectivity index (χ0) is 16.3. The van der Waals surface area contributed by atoms with Crippen LogP contribution in [-0.2, 0) is 19.3 Å². The smallest absolute Gasteiger partial charge is 0.0238 e. The highest BCUT2D eigenvalue weighted by Crippen LogP contribution is 2.12. The average Bonchev–Trinajstić information content (AvgIpc) is 2.59. The Kier molecular flexibility index (Phi) is 7.66. The van der Waals surface area contributed by atoms with Crippen LogP contribution in [0, 0.1) is 0 Å². The highest BCUT2D eigenvalue weighted by atomic mass is 14.0. The summed E-state index contributed by atoms with van der Waals surface area (Å²) in [5.74, 6) is 0. The molecule has 0 nitrogen and oxygen atoms in total. The predicted octanol–water partition coefficient (Wildman–Crippen LogP) is 6.63. The molecule has 0 N–H and O–H groups in total. The number of rotatable bonds is 9. The summed E-state index contributed by atoms with van der Waals surface area (Å²) in [6.07, 6.45) is 12.9. The van der Waals surface area contributed by atoms with Gasteiger partial charge >= 0.3 is 0 Å². The largest absolute Gasteiger partial charge is 0.0839 e. The van der Waals surface area contributed by atoms with Gasteiger partial charge in [-0.2, -0.15) is 0 Å². The Morgan fingerprint density at radius 1 is 0.652 bits per heavy atom. The van der Waals surface area contributed by atoms with E-state index >= 15 is 0 Å². The van der Waals surface area contributed by atoms with E-state index in [2.05, 4.69) is 74.5 Å². The summed E-state index contributed by atoms with van der Waals surface area (Å²) < 4.78 is 0. The first-order valence-electron chi connectivity index (χ1n) is 9.15. The number of unbranched alkanes of at least 4 members (excludes halogenated alkanes) is 2. The topological polar surface area (TPSA) is 0 Å². The molecule has 0 aliphatic carbocycles. The van der Waals surface area contributed by atoms with E-state index in [1.807, 2.05) is 0 Å². The Labute approximate surface area is 142 Å². The van der Waals surface area contributed by atoms with E-state index < -0.39 is 0 Å². The fourth-order valence-corrected chi connectivity index (χ4v) is 2.79. The van der Waals surface area contributed by atoms with E-state index in [4.69, 9.17) is 0 Å². The molecule has 0 amide bonds. The average molecular weight is 306 g/mol. The van der Waals surface area contributed by atoms with Crippen LogP contribution in [0.5, 0.6) is 0 Å². The Morgan fingerprint density at radius 3 is 1.70 bits per heavy atom. The second-order valence-corrected chi connectivity index (χ2v) is 6.35. The molecule has 0 heteroatoms. The minimum absolute atomic E-state index is 1.12. The van der Waals surface area contributed by atoms with Crippen molar-refractivity contribution >= 4 is 6.08 Å². The minimum Gasteiger partial charge on any atom is -0.0839 e. The summed E-state index contributed by atoms with van der Waals surface area (Å²) in [6, 6.07) is 18.2. The molecular formula is C23H30. The van der Waals surface area contributed by atoms with Gasteiger partial charge in [-0.1, -0.05) is 93.8 Å². The number of hydrogen-bond donors (Lipinski definition) is 0. The van der Waals surface area contributed by atoms with Crippen molar-refractivity contribution in [3.63, 3.8) is 0 Å². The van der Waals surface area contributed by atoms with Gasteiger partial charge in [0.15, 0.2) is 0 Å². The fourth-order valence-electron chi connectivity index (χ4n) is 2.79. The standard InChI is InChI=1S/C23H30/c1-3-5-6-7-9-21-12-16-23(17-13-21)19-18-22-14-10-20(8-4-2)11-15-22/h7,9-17H,3-6,8,18-19H2,1-2H3/b9-7+. The lowest BCUT2D eigenvalue weighted by molar-refractivity contribution is 0.816. The van der Waals surface area contributed by atoms with Crippen LogP contribution in [0.1, 0.15) is 61.8 Å². The summed E-state index contributed by atoms with van der Waals surface area (Å²) in [5, 5.41) is 0. The Morgan fingerprint density at radius 2 is 1.17 bits per heavy atom. The second-order valence-electron chi connectivity index (χ2n) is 6.35. The molecule has 2 aromatic carbocycles. The molecule has 0 saturated heterocycles. The van der Waals surface area contributed by atoms with Gasteiger partial charge in [-0.3, -0.25) is 0 Å². The third-order valence-corrected chi connectivity index (χ3v) is 4.28. The van der Waals surface area contributed by atoms with Gasteiger partial charge in [0.1, 0.15) is 0 Å². The first-order chi connectivity index (χ1) is 11.3. The molecule has 0 radical (unpaired) electrons. The van der Waals surface area contributed by atoms with E-state index in [9.17, 15) is 0 Å². The molecule has 0 aromatic heterocycles. The first-order valence-corrected chi connectivity index (χ1v) is 9.15. The number of allylic oxidation sites excluding steroid dienone is 1. The van der Waals surface area contributed by atoms with Crippen molar-refractivity contribution < 1.29 is 0 Å². The molecule has 0 aliphatic rings. The molecule has 0 spiro atoms. The molecule has 0 bridgehead atoms. The van der Waals surface area contributed by atoms with Gasteiger partial charge in [0.2, 0.25) is 0 Å². The van der Waals surface area contributed by atoms with Gasteiger partial charge < -0.3 is 0 Å². The maximum Gasteiger partial charge on any atom is -0.0238 e. The molecule has 0 fully saturated rings. The van der Waals surface area contributed by atoms with Gasteiger partial charge in [0.25, 0.3) is 0 Å². The lowest BCUT2D eigenvalue weighted by atomic mass is 10.0. The van der Waals surface area contributed by atoms with Crippen LogP contribution < -0.4 is 0 Å². The number of aryl methyl sites for hydroxylation is 3. The quantitative estimate of drug-likeness (QED) is 0.456. The van der Waals surface area contributed by atoms with E-state index in [1.165, 1.54) is 54.4 Å². The maximum atomic E-state index is 2.29. The van der Waals surface area contributed by atoms with Gasteiger partial charge in [-0.15, -0.1) is 0 Å². The Hall–Kier alpha value is -1.82. The third-order valence-electron chi connectivity index (χ3n) is 4.28. The van der Waals surface area contributed by atoms with Crippen LogP contribution in [0.2, 0.25) is 0 Å². The van der Waals surface area contributed by atoms with Crippen molar-refractivity contribution in [1.82, 2.24) is 0 Å². The van der Waals surface area contributed by atoms with Crippen molar-refractivity contribution in [3.8, 4) is 0 Å². The molecule has 122 valence electrons. The van der Waals surface area contributed by atoms with Gasteiger partial charge in [0.05, 0.1) is 0 Å². The molecule has 2 aromatic rings. The van der Waals surface area contributed by atoms with Gasteiger partial charge in [-0.25, -0.2) is 0 Å². The molecule has 0 aliphatic heterocycles. The van der Waals surface area contributed by atoms with Gasteiger partial charge in [0, 0.05) is 0 Å². The van der Waals surface area contributed by atoms with Crippen molar-refractivity contribution in [2.24, 2.45) is 0 Å². The maximum absolute atomic E-state index is 2.29. The molecule has 0 unspecified atom stereocenters. The molecular weight excluding hydrogens is 276 g/mol. The number of benzene rings is 2. The zero-order valence-electron chi connectivity index (χ0n) is 14.7. The summed E-state index contributed by atoms with van der Waals surface area (Å²) >= 11 is 0. The summed E-state index contributed by atoms with van der Waals surface area (Å²) in [5.41, 5.74) is 5.63. The lowest BCUT2D eigenvalue weighted by Crippen LogP contribution is -1.92. The molecule has 23 heavy (non-hydrogen) atoms. The van der Waals surface area contributed by atoms with Gasteiger partial charge in [-0.05, 0) is 47.9 Å². The van der Waals surface area contributed by atoms with E-state index in [1.54, 1.807) is 0 Å². The zero-order valence-corrected chi connectivity index (χ0v) is 14.7. The van der Waals surface area contributed by atoms with Crippen LogP contribution >= 0.6 is 0 Å². The summed E-state index contributed by atoms with van der Waals surface area (Å²) in [7, 11) is 0. The lowest BCUT2D eigenvalue weighted by Gasteiger charge is -2.05. The van der Waals surface area contributed by atoms with Crippen LogP contribution in [0.15, 0.2) is 54.6 Å². The highest BCUT2D eigenvalue weighted by Gasteiger charge is 1.97. The number of hydrogen-bond acceptors (Lipinski definition) is 0. The van der Waals surface area contributed by atoms with E-state index in [0.717, 1.165) is 12.8 Å². The molecule has 0 atom stereocenters. The van der Waals surface area contributed by atoms with E-state index in [-0.39, 0.29) is 0 Å². The Balaban J connectivity index is 1.82. The van der Waals surface area contributed by atoms with Crippen LogP contribution in [0.3, 0.4) is 0 Å². The predicted molar refractivity (Wildman–Crippen MR) is 103 cm³/mol. The van der Waals surface area contributed by atoms with E-state index in [0.29, 0.717) is 0 Å². The normalized spacial score (nSPS) is 11.2. The third kappa shape index (κ3) is 6.44. The SMILES string of the molecule is CCCC/C=C/c1ccc(CCc2ccc(CCC)cc2)cc1. The molecule has 0 heterocycles. The summed E-state index contributed by atoms with van der Waals surface area (Å²) in [4.78, 5) is 0. The van der Waals surface area contributed by atoms with Crippen molar-refractivity contribution in [3.05, 3.63) is 76.9 Å². The van der Waals surface area contributed by atoms with Crippen LogP contribution in [0.25, 0.3) is 6.08 Å². The molecule has 2 rings (SSSR count). The molecule has 0 saturated carbocycles. The second kappa shape index (κ2) is 10.0. The monoisotopic (exact) mass is 306 g/mol. The van der Waals surface area contributed by atoms with Crippen LogP contribution in [-0.4, -0.2) is 0 Å². The fraction of sp³-hybridized carbons (Fsp3) is 0.391.